The van der Waals surface area contributed by atoms with Gasteiger partial charge in [-0.1, -0.05) is 41.9 Å². The number of hydrazone groups is 1. The minimum Gasteiger partial charge on any atom is -0.342 e. The third-order valence-corrected chi connectivity index (χ3v) is 5.08. The summed E-state index contributed by atoms with van der Waals surface area (Å²) in [6.07, 6.45) is 1.31. The van der Waals surface area contributed by atoms with Crippen LogP contribution in [-0.2, 0) is 4.79 Å². The number of halogens is 2. The first-order chi connectivity index (χ1) is 12.5. The summed E-state index contributed by atoms with van der Waals surface area (Å²) in [7, 11) is 0. The van der Waals surface area contributed by atoms with E-state index in [1.54, 1.807) is 6.07 Å². The van der Waals surface area contributed by atoms with Gasteiger partial charge in [-0.15, -0.1) is 11.3 Å². The van der Waals surface area contributed by atoms with Gasteiger partial charge in [0.2, 0.25) is 0 Å². The van der Waals surface area contributed by atoms with E-state index in [0.717, 1.165) is 10.1 Å². The lowest BCUT2D eigenvalue weighted by Gasteiger charge is -2.03. The second-order valence-corrected chi connectivity index (χ2v) is 6.70. The highest BCUT2D eigenvalue weighted by Gasteiger charge is 2.17. The number of carbonyl (C=O) groups excluding carboxylic acids is 2. The molecule has 2 aromatic carbocycles. The molecule has 0 unspecified atom stereocenters. The van der Waals surface area contributed by atoms with Crippen molar-refractivity contribution < 1.29 is 14.0 Å². The summed E-state index contributed by atoms with van der Waals surface area (Å²) in [5.74, 6) is -1.34. The van der Waals surface area contributed by atoms with Crippen LogP contribution in [0, 0.1) is 5.82 Å². The molecule has 3 aromatic rings. The van der Waals surface area contributed by atoms with Crippen LogP contribution in [0.1, 0.15) is 15.2 Å². The van der Waals surface area contributed by atoms with Gasteiger partial charge in [-0.3, -0.25) is 9.59 Å². The molecule has 8 heteroatoms. The predicted molar refractivity (Wildman–Crippen MR) is 101 cm³/mol. The Labute approximate surface area is 157 Å². The van der Waals surface area contributed by atoms with Crippen molar-refractivity contribution in [3.8, 4) is 0 Å². The number of fused-ring (bicyclic) bond motifs is 1. The Morgan fingerprint density at radius 1 is 1.19 bits per heavy atom. The number of carbonyl (C=O) groups is 2. The number of amides is 2. The minimum atomic E-state index is -0.511. The van der Waals surface area contributed by atoms with Gasteiger partial charge in [-0.05, 0) is 23.8 Å². The van der Waals surface area contributed by atoms with Crippen LogP contribution in [-0.4, -0.2) is 24.6 Å². The van der Waals surface area contributed by atoms with Crippen molar-refractivity contribution in [1.29, 1.82) is 0 Å². The van der Waals surface area contributed by atoms with E-state index in [9.17, 15) is 14.0 Å². The van der Waals surface area contributed by atoms with Crippen LogP contribution in [0.4, 0.5) is 4.39 Å². The number of thiophene rings is 1. The van der Waals surface area contributed by atoms with Crippen molar-refractivity contribution in [2.75, 3.05) is 6.54 Å². The molecule has 0 fully saturated rings. The van der Waals surface area contributed by atoms with E-state index < -0.39 is 17.6 Å². The van der Waals surface area contributed by atoms with Gasteiger partial charge in [0.1, 0.15) is 10.7 Å². The summed E-state index contributed by atoms with van der Waals surface area (Å²) < 4.78 is 13.9. The standard InChI is InChI=1S/C18H13ClFN3O2S/c19-16-13-6-1-2-7-14(13)26-17(16)18(25)21-10-15(24)23-22-9-11-4-3-5-12(20)8-11/h1-9H,10H2,(H,21,25)(H,23,24)/b22-9-. The zero-order chi connectivity index (χ0) is 18.5. The molecule has 0 saturated heterocycles. The molecule has 0 saturated carbocycles. The monoisotopic (exact) mass is 389 g/mol. The zero-order valence-corrected chi connectivity index (χ0v) is 14.9. The van der Waals surface area contributed by atoms with Gasteiger partial charge in [0, 0.05) is 10.1 Å². The average Bonchev–Trinajstić information content (AvgIpc) is 2.97. The van der Waals surface area contributed by atoms with E-state index in [1.807, 2.05) is 24.3 Å². The van der Waals surface area contributed by atoms with Crippen molar-refractivity contribution in [2.45, 2.75) is 0 Å². The first-order valence-electron chi connectivity index (χ1n) is 7.57. The Morgan fingerprint density at radius 3 is 2.77 bits per heavy atom. The van der Waals surface area contributed by atoms with Crippen LogP contribution in [0.2, 0.25) is 5.02 Å². The Hall–Kier alpha value is -2.77. The highest BCUT2D eigenvalue weighted by molar-refractivity contribution is 7.21. The van der Waals surface area contributed by atoms with E-state index >= 15 is 0 Å². The largest absolute Gasteiger partial charge is 0.342 e. The number of hydrogen-bond acceptors (Lipinski definition) is 4. The van der Waals surface area contributed by atoms with Gasteiger partial charge in [-0.25, -0.2) is 9.82 Å². The topological polar surface area (TPSA) is 70.6 Å². The van der Waals surface area contributed by atoms with Crippen molar-refractivity contribution in [1.82, 2.24) is 10.7 Å². The van der Waals surface area contributed by atoms with E-state index in [4.69, 9.17) is 11.6 Å². The highest BCUT2D eigenvalue weighted by Crippen LogP contribution is 2.34. The number of rotatable bonds is 5. The Balaban J connectivity index is 1.55. The molecule has 0 atom stereocenters. The van der Waals surface area contributed by atoms with Crippen LogP contribution in [0.15, 0.2) is 53.6 Å². The third kappa shape index (κ3) is 4.25. The molecule has 0 aliphatic rings. The number of benzene rings is 2. The lowest BCUT2D eigenvalue weighted by atomic mass is 10.2. The lowest BCUT2D eigenvalue weighted by molar-refractivity contribution is -0.120. The van der Waals surface area contributed by atoms with E-state index in [0.29, 0.717) is 15.5 Å². The molecule has 2 amide bonds. The van der Waals surface area contributed by atoms with Gasteiger partial charge in [-0.2, -0.15) is 5.10 Å². The lowest BCUT2D eigenvalue weighted by Crippen LogP contribution is -2.34. The van der Waals surface area contributed by atoms with Crippen LogP contribution >= 0.6 is 22.9 Å². The third-order valence-electron chi connectivity index (χ3n) is 3.40. The van der Waals surface area contributed by atoms with Crippen molar-refractivity contribution in [2.24, 2.45) is 5.10 Å². The summed E-state index contributed by atoms with van der Waals surface area (Å²) >= 11 is 7.49. The molecule has 0 spiro atoms. The molecule has 1 aromatic heterocycles. The molecule has 3 rings (SSSR count). The molecular formula is C18H13ClFN3O2S. The van der Waals surface area contributed by atoms with E-state index in [-0.39, 0.29) is 6.54 Å². The van der Waals surface area contributed by atoms with Crippen molar-refractivity contribution >= 4 is 51.1 Å². The molecule has 0 radical (unpaired) electrons. The summed E-state index contributed by atoms with van der Waals surface area (Å²) in [6.45, 7) is -0.260. The van der Waals surface area contributed by atoms with Gasteiger partial charge in [0.15, 0.2) is 0 Å². The first-order valence-corrected chi connectivity index (χ1v) is 8.77. The van der Waals surface area contributed by atoms with Gasteiger partial charge < -0.3 is 5.32 Å². The maximum atomic E-state index is 13.0. The minimum absolute atomic E-state index is 0.260. The molecule has 5 nitrogen and oxygen atoms in total. The second-order valence-electron chi connectivity index (χ2n) is 5.27. The quantitative estimate of drug-likeness (QED) is 0.517. The molecule has 132 valence electrons. The smallest absolute Gasteiger partial charge is 0.263 e. The molecule has 0 bridgehead atoms. The first kappa shape index (κ1) is 18.0. The highest BCUT2D eigenvalue weighted by atomic mass is 35.5. The van der Waals surface area contributed by atoms with Crippen LogP contribution in [0.3, 0.4) is 0 Å². The molecular weight excluding hydrogens is 377 g/mol. The number of nitrogens with one attached hydrogen (secondary N) is 2. The molecule has 0 aliphatic carbocycles. The molecule has 1 heterocycles. The fourth-order valence-electron chi connectivity index (χ4n) is 2.21. The van der Waals surface area contributed by atoms with Crippen molar-refractivity contribution in [3.05, 3.63) is 69.8 Å². The Morgan fingerprint density at radius 2 is 2.00 bits per heavy atom. The van der Waals surface area contributed by atoms with Gasteiger partial charge in [0.25, 0.3) is 11.8 Å². The fraction of sp³-hybridized carbons (Fsp3) is 0.0556. The summed E-state index contributed by atoms with van der Waals surface area (Å²) in [6, 6.07) is 13.2. The summed E-state index contributed by atoms with van der Waals surface area (Å²) in [5.41, 5.74) is 2.77. The molecule has 26 heavy (non-hydrogen) atoms. The van der Waals surface area contributed by atoms with Gasteiger partial charge >= 0.3 is 0 Å². The maximum Gasteiger partial charge on any atom is 0.263 e. The normalized spacial score (nSPS) is 11.0. The van der Waals surface area contributed by atoms with Crippen LogP contribution < -0.4 is 10.7 Å². The van der Waals surface area contributed by atoms with E-state index in [2.05, 4.69) is 15.8 Å². The SMILES string of the molecule is O=C(CNC(=O)c1sc2ccccc2c1Cl)N/N=C\c1cccc(F)c1. The summed E-state index contributed by atoms with van der Waals surface area (Å²) in [4.78, 5) is 24.3. The Bertz CT molecular complexity index is 1000. The zero-order valence-electron chi connectivity index (χ0n) is 13.3. The second kappa shape index (κ2) is 8.07. The van der Waals surface area contributed by atoms with Crippen LogP contribution in [0.5, 0.6) is 0 Å². The number of hydrogen-bond donors (Lipinski definition) is 2. The summed E-state index contributed by atoms with van der Waals surface area (Å²) in [5, 5.41) is 7.39. The van der Waals surface area contributed by atoms with Gasteiger partial charge in [0.05, 0.1) is 17.8 Å². The predicted octanol–water partition coefficient (Wildman–Crippen LogP) is 3.57. The fourth-order valence-corrected chi connectivity index (χ4v) is 3.64. The molecule has 0 aliphatic heterocycles. The van der Waals surface area contributed by atoms with Crippen molar-refractivity contribution in [3.63, 3.8) is 0 Å². The van der Waals surface area contributed by atoms with Crippen LogP contribution in [0.25, 0.3) is 10.1 Å². The molecule has 2 N–H and O–H groups in total. The Kier molecular flexibility index (Phi) is 5.60. The van der Waals surface area contributed by atoms with E-state index in [1.165, 1.54) is 35.8 Å². The number of nitrogens with zero attached hydrogens (tertiary/aromatic N) is 1. The maximum absolute atomic E-state index is 13.0. The average molecular weight is 390 g/mol.